The van der Waals surface area contributed by atoms with Gasteiger partial charge in [0.15, 0.2) is 0 Å². The molecule has 0 aromatic heterocycles. The van der Waals surface area contributed by atoms with E-state index >= 15 is 0 Å². The Labute approximate surface area is 105 Å². The van der Waals surface area contributed by atoms with Gasteiger partial charge in [-0.15, -0.1) is 6.58 Å². The Bertz CT molecular complexity index is 401. The third-order valence-electron chi connectivity index (χ3n) is 2.47. The molecular formula is C17H20. The Hall–Kier alpha value is -1.82. The molecule has 0 spiro atoms. The Balaban J connectivity index is 0.000000171. The molecule has 0 nitrogen and oxygen atoms in total. The summed E-state index contributed by atoms with van der Waals surface area (Å²) in [6.45, 7) is 5.82. The molecule has 2 aromatic carbocycles. The maximum atomic E-state index is 3.66. The molecule has 0 heterocycles. The topological polar surface area (TPSA) is 0 Å². The highest BCUT2D eigenvalue weighted by atomic mass is 13.9. The zero-order chi connectivity index (χ0) is 12.3. The average molecular weight is 224 g/mol. The molecule has 0 aliphatic heterocycles. The summed E-state index contributed by atoms with van der Waals surface area (Å²) in [5.74, 6) is 0. The lowest BCUT2D eigenvalue weighted by atomic mass is 10.2. The molecular weight excluding hydrogens is 204 g/mol. The van der Waals surface area contributed by atoms with E-state index < -0.39 is 0 Å². The first-order valence-corrected chi connectivity index (χ1v) is 6.05. The van der Waals surface area contributed by atoms with E-state index in [4.69, 9.17) is 0 Å². The van der Waals surface area contributed by atoms with Crippen molar-refractivity contribution in [1.29, 1.82) is 0 Å². The highest BCUT2D eigenvalue weighted by molar-refractivity contribution is 5.16. The molecule has 0 unspecified atom stereocenters. The minimum absolute atomic E-state index is 0.973. The smallest absolute Gasteiger partial charge is 0.0100 e. The van der Waals surface area contributed by atoms with E-state index in [1.165, 1.54) is 11.1 Å². The molecule has 0 amide bonds. The fourth-order valence-electron chi connectivity index (χ4n) is 1.49. The SMILES string of the molecule is C=CCc1ccccc1.CCc1ccccc1. The van der Waals surface area contributed by atoms with E-state index in [-0.39, 0.29) is 0 Å². The summed E-state index contributed by atoms with van der Waals surface area (Å²) in [7, 11) is 0. The predicted octanol–water partition coefficient (Wildman–Crippen LogP) is 4.66. The number of rotatable bonds is 3. The molecule has 2 rings (SSSR count). The first kappa shape index (κ1) is 13.2. The Morgan fingerprint density at radius 2 is 1.29 bits per heavy atom. The van der Waals surface area contributed by atoms with Crippen molar-refractivity contribution >= 4 is 0 Å². The molecule has 0 bridgehead atoms. The zero-order valence-corrected chi connectivity index (χ0v) is 10.5. The van der Waals surface area contributed by atoms with Crippen LogP contribution in [0.25, 0.3) is 0 Å². The van der Waals surface area contributed by atoms with Crippen LogP contribution in [-0.4, -0.2) is 0 Å². The highest BCUT2D eigenvalue weighted by Crippen LogP contribution is 1.98. The van der Waals surface area contributed by atoms with E-state index in [0.29, 0.717) is 0 Å². The zero-order valence-electron chi connectivity index (χ0n) is 10.5. The molecule has 2 aromatic rings. The highest BCUT2D eigenvalue weighted by Gasteiger charge is 1.82. The van der Waals surface area contributed by atoms with Crippen LogP contribution >= 0.6 is 0 Å². The van der Waals surface area contributed by atoms with Crippen LogP contribution in [0.4, 0.5) is 0 Å². The summed E-state index contributed by atoms with van der Waals surface area (Å²) in [5, 5.41) is 0. The fraction of sp³-hybridized carbons (Fsp3) is 0.176. The van der Waals surface area contributed by atoms with Gasteiger partial charge in [0, 0.05) is 0 Å². The van der Waals surface area contributed by atoms with Crippen molar-refractivity contribution in [3.8, 4) is 0 Å². The predicted molar refractivity (Wildman–Crippen MR) is 76.2 cm³/mol. The largest absolute Gasteiger partial charge is 0.103 e. The summed E-state index contributed by atoms with van der Waals surface area (Å²) >= 11 is 0. The molecule has 0 atom stereocenters. The monoisotopic (exact) mass is 224 g/mol. The van der Waals surface area contributed by atoms with Crippen molar-refractivity contribution in [2.24, 2.45) is 0 Å². The van der Waals surface area contributed by atoms with Crippen LogP contribution in [0.5, 0.6) is 0 Å². The van der Waals surface area contributed by atoms with E-state index in [0.717, 1.165) is 12.8 Å². The molecule has 0 heteroatoms. The van der Waals surface area contributed by atoms with Crippen molar-refractivity contribution in [1.82, 2.24) is 0 Å². The van der Waals surface area contributed by atoms with Gasteiger partial charge in [0.05, 0.1) is 0 Å². The van der Waals surface area contributed by atoms with Crippen LogP contribution in [0.3, 0.4) is 0 Å². The van der Waals surface area contributed by atoms with Gasteiger partial charge in [0.2, 0.25) is 0 Å². The summed E-state index contributed by atoms with van der Waals surface area (Å²) in [4.78, 5) is 0. The summed E-state index contributed by atoms with van der Waals surface area (Å²) in [5.41, 5.74) is 2.74. The van der Waals surface area contributed by atoms with Crippen LogP contribution in [0.15, 0.2) is 73.3 Å². The molecule has 0 saturated heterocycles. The third-order valence-corrected chi connectivity index (χ3v) is 2.47. The van der Waals surface area contributed by atoms with E-state index in [1.54, 1.807) is 0 Å². The minimum atomic E-state index is 0.973. The Morgan fingerprint density at radius 1 is 0.824 bits per heavy atom. The van der Waals surface area contributed by atoms with Gasteiger partial charge in [-0.2, -0.15) is 0 Å². The van der Waals surface area contributed by atoms with Gasteiger partial charge in [-0.25, -0.2) is 0 Å². The van der Waals surface area contributed by atoms with Crippen molar-refractivity contribution < 1.29 is 0 Å². The molecule has 17 heavy (non-hydrogen) atoms. The maximum absolute atomic E-state index is 3.66. The van der Waals surface area contributed by atoms with Gasteiger partial charge < -0.3 is 0 Å². The summed E-state index contributed by atoms with van der Waals surface area (Å²) < 4.78 is 0. The average Bonchev–Trinajstić information content (AvgIpc) is 2.42. The van der Waals surface area contributed by atoms with Crippen molar-refractivity contribution in [3.63, 3.8) is 0 Å². The van der Waals surface area contributed by atoms with Gasteiger partial charge in [0.25, 0.3) is 0 Å². The van der Waals surface area contributed by atoms with Crippen LogP contribution in [0, 0.1) is 0 Å². The van der Waals surface area contributed by atoms with E-state index in [9.17, 15) is 0 Å². The minimum Gasteiger partial charge on any atom is -0.103 e. The first-order chi connectivity index (χ1) is 8.36. The van der Waals surface area contributed by atoms with Crippen LogP contribution in [-0.2, 0) is 12.8 Å². The molecule has 0 saturated carbocycles. The van der Waals surface area contributed by atoms with E-state index in [1.807, 2.05) is 30.3 Å². The lowest BCUT2D eigenvalue weighted by Gasteiger charge is -1.91. The number of hydrogen-bond acceptors (Lipinski definition) is 0. The second-order valence-corrected chi connectivity index (χ2v) is 3.82. The number of hydrogen-bond donors (Lipinski definition) is 0. The van der Waals surface area contributed by atoms with E-state index in [2.05, 4.69) is 49.9 Å². The number of benzene rings is 2. The second-order valence-electron chi connectivity index (χ2n) is 3.82. The molecule has 0 fully saturated rings. The van der Waals surface area contributed by atoms with Crippen LogP contribution in [0.1, 0.15) is 18.1 Å². The van der Waals surface area contributed by atoms with Crippen molar-refractivity contribution in [2.75, 3.05) is 0 Å². The summed E-state index contributed by atoms with van der Waals surface area (Å²) in [6, 6.07) is 20.8. The van der Waals surface area contributed by atoms with Crippen molar-refractivity contribution in [2.45, 2.75) is 19.8 Å². The standard InChI is InChI=1S/C9H10.C8H10/c1-2-6-9-7-4-3-5-8-9;1-2-8-6-4-3-5-7-8/h2-5,7-8H,1,6H2;3-7H,2H2,1H3. The summed E-state index contributed by atoms with van der Waals surface area (Å²) in [6.07, 6.45) is 4.02. The van der Waals surface area contributed by atoms with Gasteiger partial charge in [-0.05, 0) is 24.0 Å². The quantitative estimate of drug-likeness (QED) is 0.665. The molecule has 0 radical (unpaired) electrons. The Morgan fingerprint density at radius 3 is 1.65 bits per heavy atom. The lowest BCUT2D eigenvalue weighted by Crippen LogP contribution is -1.75. The molecule has 0 N–H and O–H groups in total. The van der Waals surface area contributed by atoms with Gasteiger partial charge >= 0.3 is 0 Å². The fourth-order valence-corrected chi connectivity index (χ4v) is 1.49. The maximum Gasteiger partial charge on any atom is -0.0100 e. The van der Waals surface area contributed by atoms with Gasteiger partial charge in [-0.1, -0.05) is 73.7 Å². The first-order valence-electron chi connectivity index (χ1n) is 6.05. The van der Waals surface area contributed by atoms with Gasteiger partial charge in [0.1, 0.15) is 0 Å². The van der Waals surface area contributed by atoms with Crippen LogP contribution < -0.4 is 0 Å². The lowest BCUT2D eigenvalue weighted by molar-refractivity contribution is 1.14. The Kier molecular flexibility index (Phi) is 6.50. The van der Waals surface area contributed by atoms with Gasteiger partial charge in [-0.3, -0.25) is 0 Å². The second kappa shape index (κ2) is 8.35. The van der Waals surface area contributed by atoms with Crippen LogP contribution in [0.2, 0.25) is 0 Å². The van der Waals surface area contributed by atoms with Crippen molar-refractivity contribution in [3.05, 3.63) is 84.4 Å². The number of aryl methyl sites for hydroxylation is 1. The third kappa shape index (κ3) is 5.72. The molecule has 0 aliphatic carbocycles. The normalized spacial score (nSPS) is 9.00. The molecule has 88 valence electrons. The molecule has 0 aliphatic rings. The number of allylic oxidation sites excluding steroid dienone is 1.